The topological polar surface area (TPSA) is 61.6 Å². The van der Waals surface area contributed by atoms with Crippen molar-refractivity contribution < 1.29 is 4.79 Å². The van der Waals surface area contributed by atoms with E-state index in [0.717, 1.165) is 44.0 Å². The smallest absolute Gasteiger partial charge is 0.224 e. The number of nitrogens with one attached hydrogen (secondary N) is 1. The highest BCUT2D eigenvalue weighted by atomic mass is 35.5. The Morgan fingerprint density at radius 1 is 0.966 bits per heavy atom. The molecule has 162 valence electrons. The molecular weight excluding hydrogens is 431 g/mol. The lowest BCUT2D eigenvalue weighted by molar-refractivity contribution is -0.121. The summed E-state index contributed by atoms with van der Waals surface area (Å²) in [6.07, 6.45) is 0.395. The molecule has 1 aliphatic rings. The highest BCUT2D eigenvalue weighted by Crippen LogP contribution is 2.15. The number of halogens is 3. The van der Waals surface area contributed by atoms with Gasteiger partial charge in [0.05, 0.1) is 6.42 Å². The average molecular weight is 462 g/mol. The number of piperazine rings is 1. The molecule has 2 aromatic carbocycles. The molecule has 1 heterocycles. The summed E-state index contributed by atoms with van der Waals surface area (Å²) in [5.74, 6) is 0.0604. The van der Waals surface area contributed by atoms with E-state index in [0.29, 0.717) is 6.42 Å². The maximum absolute atomic E-state index is 12.2. The van der Waals surface area contributed by atoms with Crippen molar-refractivity contribution in [2.75, 3.05) is 43.4 Å². The van der Waals surface area contributed by atoms with Crippen LogP contribution < -0.4 is 16.0 Å². The molecule has 3 N–H and O–H groups in total. The third kappa shape index (κ3) is 8.70. The predicted octanol–water partition coefficient (Wildman–Crippen LogP) is 3.40. The largest absolute Gasteiger partial charge is 0.399 e. The first-order valence-corrected chi connectivity index (χ1v) is 9.26. The lowest BCUT2D eigenvalue weighted by Gasteiger charge is -2.37. The molecule has 29 heavy (non-hydrogen) atoms. The van der Waals surface area contributed by atoms with Gasteiger partial charge in [-0.05, 0) is 36.8 Å². The molecular formula is C21H31Cl3N4O. The maximum Gasteiger partial charge on any atom is 0.224 e. The van der Waals surface area contributed by atoms with Gasteiger partial charge in [0.2, 0.25) is 5.91 Å². The molecule has 0 spiro atoms. The van der Waals surface area contributed by atoms with Crippen molar-refractivity contribution in [3.63, 3.8) is 0 Å². The number of hydrogen-bond acceptors (Lipinski definition) is 4. The zero-order valence-corrected chi connectivity index (χ0v) is 19.1. The molecule has 1 aliphatic heterocycles. The second-order valence-electron chi connectivity index (χ2n) is 7.01. The van der Waals surface area contributed by atoms with E-state index < -0.39 is 0 Å². The van der Waals surface area contributed by atoms with Gasteiger partial charge < -0.3 is 16.0 Å². The third-order valence-electron chi connectivity index (χ3n) is 4.78. The molecule has 0 radical (unpaired) electrons. The van der Waals surface area contributed by atoms with Crippen LogP contribution in [0, 0.1) is 0 Å². The minimum atomic E-state index is 0. The van der Waals surface area contributed by atoms with Gasteiger partial charge in [0, 0.05) is 50.1 Å². The van der Waals surface area contributed by atoms with Gasteiger partial charge in [-0.2, -0.15) is 0 Å². The number of nitrogen functional groups attached to an aromatic ring is 1. The fourth-order valence-corrected chi connectivity index (χ4v) is 3.41. The molecule has 1 atom stereocenters. The fourth-order valence-electron chi connectivity index (χ4n) is 3.41. The van der Waals surface area contributed by atoms with Gasteiger partial charge in [-0.1, -0.05) is 30.3 Å². The van der Waals surface area contributed by atoms with Crippen molar-refractivity contribution in [3.05, 3.63) is 60.2 Å². The lowest BCUT2D eigenvalue weighted by atomic mass is 10.1. The van der Waals surface area contributed by atoms with Crippen molar-refractivity contribution in [1.82, 2.24) is 10.2 Å². The Morgan fingerprint density at radius 3 is 2.14 bits per heavy atom. The number of rotatable bonds is 6. The molecule has 3 rings (SSSR count). The summed E-state index contributed by atoms with van der Waals surface area (Å²) >= 11 is 0. The van der Waals surface area contributed by atoms with Gasteiger partial charge in [-0.15, -0.1) is 37.2 Å². The number of carbonyl (C=O) groups excluding carboxylic acids is 1. The Kier molecular flexibility index (Phi) is 12.8. The van der Waals surface area contributed by atoms with Gasteiger partial charge in [0.15, 0.2) is 0 Å². The molecule has 0 saturated carbocycles. The molecule has 0 aromatic heterocycles. The SMILES string of the molecule is CC(CN1CCN(c2ccccc2)CC1)NC(=O)Cc1ccc(N)cc1.Cl.Cl.Cl. The number of amides is 1. The molecule has 1 amide bonds. The first kappa shape index (κ1) is 27.3. The molecule has 2 aromatic rings. The van der Waals surface area contributed by atoms with E-state index >= 15 is 0 Å². The number of nitrogens with two attached hydrogens (primary N) is 1. The minimum Gasteiger partial charge on any atom is -0.399 e. The van der Waals surface area contributed by atoms with Crippen molar-refractivity contribution in [2.24, 2.45) is 0 Å². The lowest BCUT2D eigenvalue weighted by Crippen LogP contribution is -2.51. The fraction of sp³-hybridized carbons (Fsp3) is 0.381. The van der Waals surface area contributed by atoms with E-state index in [1.165, 1.54) is 5.69 Å². The number of para-hydroxylation sites is 1. The van der Waals surface area contributed by atoms with E-state index in [2.05, 4.69) is 52.4 Å². The number of anilines is 2. The zero-order valence-electron chi connectivity index (χ0n) is 16.6. The summed E-state index contributed by atoms with van der Waals surface area (Å²) in [7, 11) is 0. The Balaban J connectivity index is 0.00000261. The summed E-state index contributed by atoms with van der Waals surface area (Å²) in [5.41, 5.74) is 8.67. The van der Waals surface area contributed by atoms with Crippen molar-refractivity contribution in [3.8, 4) is 0 Å². The standard InChI is InChI=1S/C21H28N4O.3ClH/c1-17(23-21(26)15-18-7-9-19(22)10-8-18)16-24-11-13-25(14-12-24)20-5-3-2-4-6-20;;;/h2-10,17H,11-16,22H2,1H3,(H,23,26);3*1H. The van der Waals surface area contributed by atoms with Crippen LogP contribution in [0.2, 0.25) is 0 Å². The number of nitrogens with zero attached hydrogens (tertiary/aromatic N) is 2. The minimum absolute atomic E-state index is 0. The molecule has 5 nitrogen and oxygen atoms in total. The van der Waals surface area contributed by atoms with Crippen LogP contribution in [0.15, 0.2) is 54.6 Å². The predicted molar refractivity (Wildman–Crippen MR) is 129 cm³/mol. The first-order chi connectivity index (χ1) is 12.6. The van der Waals surface area contributed by atoms with Crippen LogP contribution in [0.3, 0.4) is 0 Å². The van der Waals surface area contributed by atoms with Crippen molar-refractivity contribution in [2.45, 2.75) is 19.4 Å². The van der Waals surface area contributed by atoms with Gasteiger partial charge in [0.25, 0.3) is 0 Å². The average Bonchev–Trinajstić information content (AvgIpc) is 2.65. The van der Waals surface area contributed by atoms with Gasteiger partial charge in [-0.3, -0.25) is 9.69 Å². The van der Waals surface area contributed by atoms with Crippen LogP contribution in [0.25, 0.3) is 0 Å². The van der Waals surface area contributed by atoms with Crippen molar-refractivity contribution in [1.29, 1.82) is 0 Å². The summed E-state index contributed by atoms with van der Waals surface area (Å²) in [6, 6.07) is 18.2. The quantitative estimate of drug-likeness (QED) is 0.647. The maximum atomic E-state index is 12.2. The molecule has 1 unspecified atom stereocenters. The summed E-state index contributed by atoms with van der Waals surface area (Å²) in [4.78, 5) is 17.1. The second kappa shape index (κ2) is 13.5. The third-order valence-corrected chi connectivity index (χ3v) is 4.78. The highest BCUT2D eigenvalue weighted by Gasteiger charge is 2.19. The normalized spacial score (nSPS) is 14.6. The van der Waals surface area contributed by atoms with E-state index in [1.54, 1.807) is 0 Å². The Hall–Kier alpha value is -1.66. The Morgan fingerprint density at radius 2 is 1.55 bits per heavy atom. The van der Waals surface area contributed by atoms with Gasteiger partial charge in [0.1, 0.15) is 0 Å². The van der Waals surface area contributed by atoms with E-state index in [9.17, 15) is 4.79 Å². The Bertz CT molecular complexity index is 708. The summed E-state index contributed by atoms with van der Waals surface area (Å²) in [6.45, 7) is 7.05. The number of hydrogen-bond donors (Lipinski definition) is 2. The van der Waals surface area contributed by atoms with Crippen LogP contribution in [-0.2, 0) is 11.2 Å². The van der Waals surface area contributed by atoms with E-state index in [4.69, 9.17) is 5.73 Å². The zero-order chi connectivity index (χ0) is 18.4. The van der Waals surface area contributed by atoms with Crippen LogP contribution in [0.5, 0.6) is 0 Å². The Labute approximate surface area is 192 Å². The molecule has 1 fully saturated rings. The molecule has 1 saturated heterocycles. The van der Waals surface area contributed by atoms with Crippen LogP contribution in [-0.4, -0.2) is 49.6 Å². The molecule has 0 aliphatic carbocycles. The van der Waals surface area contributed by atoms with Gasteiger partial charge >= 0.3 is 0 Å². The highest BCUT2D eigenvalue weighted by molar-refractivity contribution is 5.86. The first-order valence-electron chi connectivity index (χ1n) is 9.26. The number of carbonyl (C=O) groups is 1. The van der Waals surface area contributed by atoms with E-state index in [1.807, 2.05) is 24.3 Å². The summed E-state index contributed by atoms with van der Waals surface area (Å²) in [5, 5.41) is 3.11. The summed E-state index contributed by atoms with van der Waals surface area (Å²) < 4.78 is 0. The molecule has 8 heteroatoms. The van der Waals surface area contributed by atoms with E-state index in [-0.39, 0.29) is 49.2 Å². The van der Waals surface area contributed by atoms with Crippen LogP contribution >= 0.6 is 37.2 Å². The number of benzene rings is 2. The van der Waals surface area contributed by atoms with Gasteiger partial charge in [-0.25, -0.2) is 0 Å². The second-order valence-corrected chi connectivity index (χ2v) is 7.01. The monoisotopic (exact) mass is 460 g/mol. The molecule has 0 bridgehead atoms. The van der Waals surface area contributed by atoms with Crippen LogP contribution in [0.1, 0.15) is 12.5 Å². The van der Waals surface area contributed by atoms with Crippen LogP contribution in [0.4, 0.5) is 11.4 Å². The van der Waals surface area contributed by atoms with Crippen molar-refractivity contribution >= 4 is 54.5 Å².